The van der Waals surface area contributed by atoms with Crippen LogP contribution in [0.3, 0.4) is 0 Å². The highest BCUT2D eigenvalue weighted by atomic mass is 16.5. The molecule has 3 nitrogen and oxygen atoms in total. The smallest absolute Gasteiger partial charge is 0.0668 e. The minimum absolute atomic E-state index is 0.260. The quantitative estimate of drug-likeness (QED) is 0.696. The lowest BCUT2D eigenvalue weighted by Gasteiger charge is -2.34. The lowest BCUT2D eigenvalue weighted by molar-refractivity contribution is 0.0460. The molecule has 0 aromatic rings. The molecule has 0 aliphatic carbocycles. The van der Waals surface area contributed by atoms with E-state index in [0.29, 0.717) is 6.04 Å². The van der Waals surface area contributed by atoms with Crippen molar-refractivity contribution in [1.82, 2.24) is 4.90 Å². The first kappa shape index (κ1) is 11.0. The molecule has 1 heterocycles. The van der Waals surface area contributed by atoms with Crippen molar-refractivity contribution in [2.75, 3.05) is 19.8 Å². The third-order valence-corrected chi connectivity index (χ3v) is 2.70. The van der Waals surface area contributed by atoms with Gasteiger partial charge in [0.2, 0.25) is 0 Å². The Morgan fingerprint density at radius 1 is 1.31 bits per heavy atom. The molecule has 0 aromatic heterocycles. The normalized spacial score (nSPS) is 28.8. The van der Waals surface area contributed by atoms with Crippen molar-refractivity contribution in [3.05, 3.63) is 0 Å². The molecular formula is C10H21NO2. The van der Waals surface area contributed by atoms with E-state index in [1.165, 1.54) is 0 Å². The van der Waals surface area contributed by atoms with Crippen LogP contribution in [0.5, 0.6) is 0 Å². The van der Waals surface area contributed by atoms with Crippen LogP contribution in [0, 0.1) is 0 Å². The van der Waals surface area contributed by atoms with Crippen molar-refractivity contribution >= 4 is 0 Å². The minimum atomic E-state index is -0.260. The molecule has 1 aliphatic heterocycles. The molecule has 0 amide bonds. The molecule has 1 N–H and O–H groups in total. The van der Waals surface area contributed by atoms with E-state index in [9.17, 15) is 5.11 Å². The van der Waals surface area contributed by atoms with Crippen LogP contribution in [0.4, 0.5) is 0 Å². The molecule has 78 valence electrons. The summed E-state index contributed by atoms with van der Waals surface area (Å²) in [4.78, 5) is 2.33. The van der Waals surface area contributed by atoms with Gasteiger partial charge in [0.1, 0.15) is 0 Å². The van der Waals surface area contributed by atoms with Crippen LogP contribution in [0.2, 0.25) is 0 Å². The number of aliphatic hydroxyl groups is 1. The second kappa shape index (κ2) is 4.94. The Balaban J connectivity index is 2.61. The maximum absolute atomic E-state index is 9.62. The molecule has 3 heteroatoms. The Bertz CT molecular complexity index is 132. The second-order valence-corrected chi connectivity index (χ2v) is 4.04. The van der Waals surface area contributed by atoms with E-state index in [1.54, 1.807) is 0 Å². The van der Waals surface area contributed by atoms with E-state index >= 15 is 0 Å². The first-order valence-electron chi connectivity index (χ1n) is 5.14. The van der Waals surface area contributed by atoms with Crippen molar-refractivity contribution in [2.24, 2.45) is 0 Å². The number of aliphatic hydroxyl groups excluding tert-OH is 1. The predicted molar refractivity (Wildman–Crippen MR) is 52.7 cm³/mol. The molecule has 2 unspecified atom stereocenters. The Morgan fingerprint density at radius 3 is 2.54 bits per heavy atom. The van der Waals surface area contributed by atoms with Gasteiger partial charge >= 0.3 is 0 Å². The number of hydrogen-bond donors (Lipinski definition) is 1. The fraction of sp³-hybridized carbons (Fsp3) is 1.00. The van der Waals surface area contributed by atoms with Gasteiger partial charge in [0, 0.05) is 25.2 Å². The summed E-state index contributed by atoms with van der Waals surface area (Å²) in [6.45, 7) is 8.71. The number of nitrogens with zero attached hydrogens (tertiary/aromatic N) is 1. The molecule has 1 aliphatic rings. The zero-order valence-electron chi connectivity index (χ0n) is 8.86. The summed E-state index contributed by atoms with van der Waals surface area (Å²) in [7, 11) is 0. The van der Waals surface area contributed by atoms with Gasteiger partial charge in [0.05, 0.1) is 12.7 Å². The van der Waals surface area contributed by atoms with Gasteiger partial charge < -0.3 is 9.84 Å². The van der Waals surface area contributed by atoms with E-state index in [4.69, 9.17) is 4.74 Å². The molecule has 0 aromatic carbocycles. The largest absolute Gasteiger partial charge is 0.392 e. The van der Waals surface area contributed by atoms with Crippen molar-refractivity contribution < 1.29 is 9.84 Å². The molecule has 1 saturated heterocycles. The van der Waals surface area contributed by atoms with Crippen molar-refractivity contribution in [2.45, 2.75) is 45.4 Å². The van der Waals surface area contributed by atoms with Crippen molar-refractivity contribution in [1.29, 1.82) is 0 Å². The van der Waals surface area contributed by atoms with Crippen LogP contribution in [-0.4, -0.2) is 48.0 Å². The molecule has 0 radical (unpaired) electrons. The molecule has 0 spiro atoms. The predicted octanol–water partition coefficient (Wildman–Crippen LogP) is 0.866. The Kier molecular flexibility index (Phi) is 4.16. The van der Waals surface area contributed by atoms with E-state index in [-0.39, 0.29) is 12.1 Å². The number of rotatable bonds is 2. The third kappa shape index (κ3) is 2.93. The maximum Gasteiger partial charge on any atom is 0.0668 e. The molecule has 0 saturated carbocycles. The van der Waals surface area contributed by atoms with Crippen molar-refractivity contribution in [3.63, 3.8) is 0 Å². The minimum Gasteiger partial charge on any atom is -0.392 e. The number of hydrogen-bond acceptors (Lipinski definition) is 3. The zero-order valence-corrected chi connectivity index (χ0v) is 8.86. The van der Waals surface area contributed by atoms with Gasteiger partial charge in [-0.25, -0.2) is 0 Å². The van der Waals surface area contributed by atoms with Gasteiger partial charge in [0.25, 0.3) is 0 Å². The van der Waals surface area contributed by atoms with Gasteiger partial charge in [-0.3, -0.25) is 4.90 Å². The van der Waals surface area contributed by atoms with Crippen molar-refractivity contribution in [3.8, 4) is 0 Å². The fourth-order valence-corrected chi connectivity index (χ4v) is 1.97. The van der Waals surface area contributed by atoms with Crippen LogP contribution in [0.25, 0.3) is 0 Å². The van der Waals surface area contributed by atoms with Crippen LogP contribution in [-0.2, 0) is 4.74 Å². The van der Waals surface area contributed by atoms with E-state index in [2.05, 4.69) is 18.7 Å². The average Bonchev–Trinajstić information content (AvgIpc) is 2.27. The van der Waals surface area contributed by atoms with E-state index < -0.39 is 0 Å². The molecule has 1 rings (SSSR count). The summed E-state index contributed by atoms with van der Waals surface area (Å²) in [5.41, 5.74) is 0. The SMILES string of the molecule is CC(O)C1CCOCCN1C(C)C. The van der Waals surface area contributed by atoms with Gasteiger partial charge in [-0.15, -0.1) is 0 Å². The van der Waals surface area contributed by atoms with Gasteiger partial charge in [-0.1, -0.05) is 0 Å². The molecule has 1 fully saturated rings. The fourth-order valence-electron chi connectivity index (χ4n) is 1.97. The standard InChI is InChI=1S/C10H21NO2/c1-8(2)11-5-7-13-6-4-10(11)9(3)12/h8-10,12H,4-7H2,1-3H3. The lowest BCUT2D eigenvalue weighted by Crippen LogP contribution is -2.46. The summed E-state index contributed by atoms with van der Waals surface area (Å²) in [5, 5.41) is 9.62. The number of ether oxygens (including phenoxy) is 1. The first-order chi connectivity index (χ1) is 6.13. The first-order valence-corrected chi connectivity index (χ1v) is 5.14. The average molecular weight is 187 g/mol. The molecule has 0 bridgehead atoms. The zero-order chi connectivity index (χ0) is 9.84. The summed E-state index contributed by atoms with van der Waals surface area (Å²) in [5.74, 6) is 0. The summed E-state index contributed by atoms with van der Waals surface area (Å²) in [6.07, 6.45) is 0.680. The van der Waals surface area contributed by atoms with Crippen LogP contribution in [0.15, 0.2) is 0 Å². The third-order valence-electron chi connectivity index (χ3n) is 2.70. The topological polar surface area (TPSA) is 32.7 Å². The Labute approximate surface area is 80.7 Å². The second-order valence-electron chi connectivity index (χ2n) is 4.04. The molecule has 2 atom stereocenters. The Hall–Kier alpha value is -0.120. The molecular weight excluding hydrogens is 166 g/mol. The van der Waals surface area contributed by atoms with E-state index in [0.717, 1.165) is 26.2 Å². The summed E-state index contributed by atoms with van der Waals surface area (Å²) < 4.78 is 5.40. The Morgan fingerprint density at radius 2 is 2.00 bits per heavy atom. The van der Waals surface area contributed by atoms with E-state index in [1.807, 2.05) is 6.92 Å². The summed E-state index contributed by atoms with van der Waals surface area (Å²) in [6, 6.07) is 0.754. The van der Waals surface area contributed by atoms with Crippen LogP contribution >= 0.6 is 0 Å². The highest BCUT2D eigenvalue weighted by molar-refractivity contribution is 4.80. The monoisotopic (exact) mass is 187 g/mol. The van der Waals surface area contributed by atoms with Gasteiger partial charge in [-0.2, -0.15) is 0 Å². The highest BCUT2D eigenvalue weighted by Crippen LogP contribution is 2.15. The highest BCUT2D eigenvalue weighted by Gasteiger charge is 2.26. The van der Waals surface area contributed by atoms with Gasteiger partial charge in [0.15, 0.2) is 0 Å². The maximum atomic E-state index is 9.62. The lowest BCUT2D eigenvalue weighted by atomic mass is 10.1. The molecule has 13 heavy (non-hydrogen) atoms. The van der Waals surface area contributed by atoms with Crippen LogP contribution in [0.1, 0.15) is 27.2 Å². The van der Waals surface area contributed by atoms with Crippen LogP contribution < -0.4 is 0 Å². The summed E-state index contributed by atoms with van der Waals surface area (Å²) >= 11 is 0. The van der Waals surface area contributed by atoms with Gasteiger partial charge in [-0.05, 0) is 27.2 Å².